The first kappa shape index (κ1) is 18.0. The van der Waals surface area contributed by atoms with E-state index in [1.54, 1.807) is 0 Å². The third-order valence-corrected chi connectivity index (χ3v) is 5.35. The van der Waals surface area contributed by atoms with Crippen molar-refractivity contribution in [2.75, 3.05) is 6.61 Å². The van der Waals surface area contributed by atoms with Gasteiger partial charge >= 0.3 is 0 Å². The van der Waals surface area contributed by atoms with Crippen molar-refractivity contribution in [2.45, 2.75) is 39.0 Å². The van der Waals surface area contributed by atoms with Gasteiger partial charge < -0.3 is 4.74 Å². The zero-order chi connectivity index (χ0) is 17.8. The molecule has 2 unspecified atom stereocenters. The summed E-state index contributed by atoms with van der Waals surface area (Å²) in [4.78, 5) is 0. The van der Waals surface area contributed by atoms with E-state index in [0.717, 1.165) is 36.1 Å². The number of hydrogen-bond acceptors (Lipinski definition) is 1. The molecule has 0 saturated carbocycles. The molecule has 1 aliphatic rings. The molecule has 2 aromatic carbocycles. The average Bonchev–Trinajstić information content (AvgIpc) is 2.65. The second-order valence-electron chi connectivity index (χ2n) is 6.52. The molecule has 1 aliphatic carbocycles. The molecule has 2 aromatic rings. The molecule has 3 rings (SSSR count). The Bertz CT molecular complexity index is 751. The van der Waals surface area contributed by atoms with E-state index in [1.165, 1.54) is 0 Å². The Kier molecular flexibility index (Phi) is 5.80. The fourth-order valence-electron chi connectivity index (χ4n) is 3.45. The van der Waals surface area contributed by atoms with Gasteiger partial charge in [0.15, 0.2) is 0 Å². The molecule has 0 saturated heterocycles. The van der Waals surface area contributed by atoms with Gasteiger partial charge in [0, 0.05) is 11.5 Å². The van der Waals surface area contributed by atoms with E-state index in [1.807, 2.05) is 43.3 Å². The normalized spacial score (nSPS) is 19.8. The third-order valence-electron chi connectivity index (χ3n) is 4.98. The quantitative estimate of drug-likeness (QED) is 0.522. The van der Waals surface area contributed by atoms with Gasteiger partial charge in [0.2, 0.25) is 0 Å². The van der Waals surface area contributed by atoms with Crippen LogP contribution >= 0.6 is 11.6 Å². The van der Waals surface area contributed by atoms with Gasteiger partial charge in [-0.3, -0.25) is 0 Å². The van der Waals surface area contributed by atoms with Crippen molar-refractivity contribution in [3.8, 4) is 16.9 Å². The topological polar surface area (TPSA) is 9.23 Å². The van der Waals surface area contributed by atoms with Crippen LogP contribution in [0.15, 0.2) is 48.6 Å². The molecule has 0 aromatic heterocycles. The Morgan fingerprint density at radius 3 is 2.40 bits per heavy atom. The summed E-state index contributed by atoms with van der Waals surface area (Å²) in [5.41, 5.74) is 2.31. The Morgan fingerprint density at radius 2 is 1.80 bits per heavy atom. The largest absolute Gasteiger partial charge is 0.494 e. The van der Waals surface area contributed by atoms with Crippen LogP contribution in [0.25, 0.3) is 11.1 Å². The third kappa shape index (κ3) is 3.90. The number of halogens is 2. The monoisotopic (exact) mass is 358 g/mol. The molecular weight excluding hydrogens is 335 g/mol. The maximum atomic E-state index is 14.9. The second kappa shape index (κ2) is 8.05. The predicted molar refractivity (Wildman–Crippen MR) is 103 cm³/mol. The first-order valence-electron chi connectivity index (χ1n) is 9.03. The van der Waals surface area contributed by atoms with Gasteiger partial charge in [-0.1, -0.05) is 54.9 Å². The predicted octanol–water partition coefficient (Wildman–Crippen LogP) is 7.00. The molecule has 0 N–H and O–H groups in total. The summed E-state index contributed by atoms with van der Waals surface area (Å²) >= 11 is 6.38. The number of ether oxygens (including phenoxy) is 1. The highest BCUT2D eigenvalue weighted by Gasteiger charge is 2.22. The summed E-state index contributed by atoms with van der Waals surface area (Å²) in [6.07, 6.45) is 7.59. The molecule has 0 amide bonds. The van der Waals surface area contributed by atoms with Gasteiger partial charge in [-0.15, -0.1) is 0 Å². The Morgan fingerprint density at radius 1 is 1.04 bits per heavy atom. The van der Waals surface area contributed by atoms with Gasteiger partial charge in [-0.2, -0.15) is 0 Å². The Hall–Kier alpha value is -1.80. The van der Waals surface area contributed by atoms with E-state index in [0.29, 0.717) is 18.1 Å². The first-order chi connectivity index (χ1) is 12.1. The number of allylic oxidation sites excluding steroid dienone is 2. The summed E-state index contributed by atoms with van der Waals surface area (Å²) in [5.74, 6) is 1.25. The molecule has 1 nitrogen and oxygen atoms in total. The molecule has 0 spiro atoms. The second-order valence-corrected chi connectivity index (χ2v) is 6.90. The zero-order valence-corrected chi connectivity index (χ0v) is 15.5. The minimum atomic E-state index is -0.294. The lowest BCUT2D eigenvalue weighted by Gasteiger charge is -2.23. The van der Waals surface area contributed by atoms with Crippen LogP contribution in [0.2, 0.25) is 5.02 Å². The van der Waals surface area contributed by atoms with Crippen LogP contribution in [-0.4, -0.2) is 6.61 Å². The van der Waals surface area contributed by atoms with Crippen molar-refractivity contribution < 1.29 is 9.13 Å². The van der Waals surface area contributed by atoms with Gasteiger partial charge in [-0.05, 0) is 55.4 Å². The number of benzene rings is 2. The molecule has 0 bridgehead atoms. The maximum Gasteiger partial charge on any atom is 0.146 e. The molecule has 3 heteroatoms. The molecule has 0 fully saturated rings. The van der Waals surface area contributed by atoms with Gasteiger partial charge in [0.05, 0.1) is 11.6 Å². The van der Waals surface area contributed by atoms with E-state index in [2.05, 4.69) is 19.1 Å². The lowest BCUT2D eigenvalue weighted by molar-refractivity contribution is 0.340. The van der Waals surface area contributed by atoms with Crippen LogP contribution in [0.1, 0.15) is 44.6 Å². The Labute approximate surface area is 154 Å². The van der Waals surface area contributed by atoms with E-state index in [-0.39, 0.29) is 16.8 Å². The smallest absolute Gasteiger partial charge is 0.146 e. The van der Waals surface area contributed by atoms with Gasteiger partial charge in [0.1, 0.15) is 11.6 Å². The molecule has 0 radical (unpaired) electrons. The Balaban J connectivity index is 1.88. The van der Waals surface area contributed by atoms with E-state index < -0.39 is 0 Å². The van der Waals surface area contributed by atoms with Crippen LogP contribution in [0.4, 0.5) is 4.39 Å². The zero-order valence-electron chi connectivity index (χ0n) is 14.8. The lowest BCUT2D eigenvalue weighted by Crippen LogP contribution is -2.08. The maximum absolute atomic E-state index is 14.9. The standard InChI is InChI=1S/C22H24ClFO/c1-3-15-5-7-17(8-6-15)20-14-13-19(21(23)22(20)24)16-9-11-18(12-10-16)25-4-2/h5,7,9-15,17H,3-4,6,8H2,1-2H3. The van der Waals surface area contributed by atoms with Crippen molar-refractivity contribution in [1.29, 1.82) is 0 Å². The van der Waals surface area contributed by atoms with Crippen molar-refractivity contribution in [1.82, 2.24) is 0 Å². The van der Waals surface area contributed by atoms with Crippen LogP contribution in [0.3, 0.4) is 0 Å². The van der Waals surface area contributed by atoms with Crippen molar-refractivity contribution >= 4 is 11.6 Å². The highest BCUT2D eigenvalue weighted by Crippen LogP contribution is 2.38. The fourth-order valence-corrected chi connectivity index (χ4v) is 3.73. The number of rotatable bonds is 5. The van der Waals surface area contributed by atoms with Crippen LogP contribution in [0.5, 0.6) is 5.75 Å². The van der Waals surface area contributed by atoms with Gasteiger partial charge in [0.25, 0.3) is 0 Å². The fraction of sp³-hybridized carbons (Fsp3) is 0.364. The van der Waals surface area contributed by atoms with Crippen LogP contribution in [0, 0.1) is 11.7 Å². The van der Waals surface area contributed by atoms with Gasteiger partial charge in [-0.25, -0.2) is 4.39 Å². The average molecular weight is 359 g/mol. The van der Waals surface area contributed by atoms with E-state index in [4.69, 9.17) is 16.3 Å². The summed E-state index contributed by atoms with van der Waals surface area (Å²) in [7, 11) is 0. The van der Waals surface area contributed by atoms with Crippen molar-refractivity contribution in [3.05, 3.63) is 65.0 Å². The SMILES string of the molecule is CCOc1ccc(-c2ccc(C3C=CC(CC)CC3)c(F)c2Cl)cc1. The first-order valence-corrected chi connectivity index (χ1v) is 9.41. The molecule has 132 valence electrons. The molecule has 0 aliphatic heterocycles. The van der Waals surface area contributed by atoms with E-state index in [9.17, 15) is 4.39 Å². The van der Waals surface area contributed by atoms with E-state index >= 15 is 0 Å². The minimum Gasteiger partial charge on any atom is -0.494 e. The van der Waals surface area contributed by atoms with Crippen molar-refractivity contribution in [3.63, 3.8) is 0 Å². The summed E-state index contributed by atoms with van der Waals surface area (Å²) in [6.45, 7) is 4.76. The summed E-state index contributed by atoms with van der Waals surface area (Å²) in [6, 6.07) is 11.4. The summed E-state index contributed by atoms with van der Waals surface area (Å²) in [5, 5.41) is 0.202. The number of hydrogen-bond donors (Lipinski definition) is 0. The van der Waals surface area contributed by atoms with Crippen LogP contribution < -0.4 is 4.74 Å². The minimum absolute atomic E-state index is 0.120. The summed E-state index contributed by atoms with van der Waals surface area (Å²) < 4.78 is 20.4. The highest BCUT2D eigenvalue weighted by atomic mass is 35.5. The molecule has 2 atom stereocenters. The highest BCUT2D eigenvalue weighted by molar-refractivity contribution is 6.33. The lowest BCUT2D eigenvalue weighted by atomic mass is 9.83. The molecular formula is C22H24ClFO. The van der Waals surface area contributed by atoms with Crippen molar-refractivity contribution in [2.24, 2.45) is 5.92 Å². The van der Waals surface area contributed by atoms with Crippen LogP contribution in [-0.2, 0) is 0 Å². The molecule has 0 heterocycles. The molecule has 25 heavy (non-hydrogen) atoms.